The highest BCUT2D eigenvalue weighted by molar-refractivity contribution is 7.21. The standard InChI is InChI=1S/C27H16F4N6O3S/c28-22(29)16-9-13(18-7-4-8-40-18)19-20(21(24(32)38)41-27(19)35-16)36-26(39)14-11-33-37-17(23(30)31)10-15(34-25(14)37)12-5-2-1-3-6-12/h1-11,22-23H,(H2,32,38)(H,36,39). The Hall–Kier alpha value is -5.11. The van der Waals surface area contributed by atoms with E-state index in [-0.39, 0.29) is 49.0 Å². The van der Waals surface area contributed by atoms with Crippen LogP contribution in [0.5, 0.6) is 0 Å². The molecule has 0 bridgehead atoms. The molecule has 0 aliphatic heterocycles. The summed E-state index contributed by atoms with van der Waals surface area (Å²) in [6.45, 7) is 0. The Labute approximate surface area is 231 Å². The van der Waals surface area contributed by atoms with Crippen molar-refractivity contribution in [2.75, 3.05) is 5.32 Å². The summed E-state index contributed by atoms with van der Waals surface area (Å²) in [7, 11) is 0. The van der Waals surface area contributed by atoms with Crippen LogP contribution < -0.4 is 11.1 Å². The Morgan fingerprint density at radius 3 is 2.44 bits per heavy atom. The number of carbonyl (C=O) groups is 2. The Morgan fingerprint density at radius 1 is 1.00 bits per heavy atom. The van der Waals surface area contributed by atoms with E-state index < -0.39 is 36.1 Å². The van der Waals surface area contributed by atoms with Crippen LogP contribution >= 0.6 is 11.3 Å². The Balaban J connectivity index is 1.52. The van der Waals surface area contributed by atoms with Crippen LogP contribution in [0.1, 0.15) is 44.3 Å². The largest absolute Gasteiger partial charge is 0.464 e. The van der Waals surface area contributed by atoms with Gasteiger partial charge in [-0.15, -0.1) is 11.3 Å². The summed E-state index contributed by atoms with van der Waals surface area (Å²) in [4.78, 5) is 34.2. The second-order valence-corrected chi connectivity index (χ2v) is 9.70. The fraction of sp³-hybridized carbons (Fsp3) is 0.0741. The molecule has 41 heavy (non-hydrogen) atoms. The molecule has 5 aromatic heterocycles. The minimum Gasteiger partial charge on any atom is -0.464 e. The molecule has 14 heteroatoms. The van der Waals surface area contributed by atoms with E-state index in [2.05, 4.69) is 20.4 Å². The molecule has 0 aliphatic carbocycles. The number of alkyl halides is 4. The van der Waals surface area contributed by atoms with Crippen molar-refractivity contribution in [3.63, 3.8) is 0 Å². The molecule has 3 N–H and O–H groups in total. The molecule has 0 unspecified atom stereocenters. The van der Waals surface area contributed by atoms with Gasteiger partial charge >= 0.3 is 0 Å². The van der Waals surface area contributed by atoms with Crippen molar-refractivity contribution in [1.82, 2.24) is 19.6 Å². The van der Waals surface area contributed by atoms with E-state index in [1.165, 1.54) is 18.4 Å². The zero-order chi connectivity index (χ0) is 28.8. The summed E-state index contributed by atoms with van der Waals surface area (Å²) in [6, 6.07) is 13.9. The third kappa shape index (κ3) is 4.57. The number of nitrogens with two attached hydrogens (primary N) is 1. The van der Waals surface area contributed by atoms with E-state index >= 15 is 0 Å². The molecule has 2 amide bonds. The highest BCUT2D eigenvalue weighted by atomic mass is 32.1. The van der Waals surface area contributed by atoms with Crippen LogP contribution in [-0.4, -0.2) is 31.4 Å². The Bertz CT molecular complexity index is 1940. The van der Waals surface area contributed by atoms with E-state index in [0.29, 0.717) is 16.9 Å². The van der Waals surface area contributed by atoms with Gasteiger partial charge in [-0.25, -0.2) is 32.0 Å². The number of amides is 2. The number of rotatable bonds is 7. The average Bonchev–Trinajstić information content (AvgIpc) is 3.71. The van der Waals surface area contributed by atoms with E-state index in [4.69, 9.17) is 10.2 Å². The molecule has 0 fully saturated rings. The van der Waals surface area contributed by atoms with Gasteiger partial charge in [0.05, 0.1) is 23.8 Å². The third-order valence-corrected chi connectivity index (χ3v) is 7.29. The van der Waals surface area contributed by atoms with Crippen molar-refractivity contribution in [2.24, 2.45) is 5.73 Å². The molecule has 9 nitrogen and oxygen atoms in total. The van der Waals surface area contributed by atoms with Gasteiger partial charge in [-0.05, 0) is 24.3 Å². The predicted octanol–water partition coefficient (Wildman–Crippen LogP) is 6.49. The molecule has 206 valence electrons. The fourth-order valence-electron chi connectivity index (χ4n) is 4.39. The molecule has 6 aromatic rings. The van der Waals surface area contributed by atoms with Gasteiger partial charge in [0, 0.05) is 16.5 Å². The number of carbonyl (C=O) groups excluding carboxylic acids is 2. The SMILES string of the molecule is NC(=O)c1sc2nc(C(F)F)cc(-c3ccco3)c2c1NC(=O)c1cnn2c(C(F)F)cc(-c3ccccc3)nc12. The maximum absolute atomic E-state index is 14.0. The molecule has 0 radical (unpaired) electrons. The van der Waals surface area contributed by atoms with Crippen LogP contribution in [-0.2, 0) is 0 Å². The number of aromatic nitrogens is 4. The van der Waals surface area contributed by atoms with Gasteiger partial charge < -0.3 is 15.5 Å². The van der Waals surface area contributed by atoms with Crippen molar-refractivity contribution in [2.45, 2.75) is 12.9 Å². The average molecular weight is 581 g/mol. The number of fused-ring (bicyclic) bond motifs is 2. The first-order chi connectivity index (χ1) is 19.7. The molecular formula is C27H16F4N6O3S. The monoisotopic (exact) mass is 580 g/mol. The number of nitrogens with zero attached hydrogens (tertiary/aromatic N) is 4. The molecule has 0 aliphatic rings. The van der Waals surface area contributed by atoms with Crippen molar-refractivity contribution < 1.29 is 31.6 Å². The number of nitrogens with one attached hydrogen (secondary N) is 1. The molecule has 0 atom stereocenters. The van der Waals surface area contributed by atoms with Crippen molar-refractivity contribution in [3.05, 3.63) is 88.9 Å². The highest BCUT2D eigenvalue weighted by Crippen LogP contribution is 2.43. The van der Waals surface area contributed by atoms with Crippen LogP contribution in [0.15, 0.2) is 71.5 Å². The lowest BCUT2D eigenvalue weighted by Crippen LogP contribution is -2.17. The molecule has 5 heterocycles. The van der Waals surface area contributed by atoms with Gasteiger partial charge in [0.15, 0.2) is 5.65 Å². The number of pyridine rings is 1. The van der Waals surface area contributed by atoms with Gasteiger partial charge in [0.1, 0.15) is 32.4 Å². The van der Waals surface area contributed by atoms with Crippen LogP contribution in [0.4, 0.5) is 23.2 Å². The lowest BCUT2D eigenvalue weighted by Gasteiger charge is -2.10. The first kappa shape index (κ1) is 26.1. The molecule has 0 spiro atoms. The maximum atomic E-state index is 14.0. The Morgan fingerprint density at radius 2 is 1.78 bits per heavy atom. The van der Waals surface area contributed by atoms with Gasteiger partial charge in [-0.2, -0.15) is 5.10 Å². The second kappa shape index (κ2) is 10.1. The Kier molecular flexibility index (Phi) is 6.46. The van der Waals surface area contributed by atoms with Gasteiger partial charge in [0.2, 0.25) is 0 Å². The van der Waals surface area contributed by atoms with Crippen LogP contribution in [0.2, 0.25) is 0 Å². The predicted molar refractivity (Wildman–Crippen MR) is 142 cm³/mol. The van der Waals surface area contributed by atoms with Crippen molar-refractivity contribution >= 4 is 44.7 Å². The summed E-state index contributed by atoms with van der Waals surface area (Å²) in [5, 5.41) is 6.67. The number of primary amides is 1. The number of benzene rings is 1. The van der Waals surface area contributed by atoms with E-state index in [1.807, 2.05) is 0 Å². The zero-order valence-electron chi connectivity index (χ0n) is 20.5. The highest BCUT2D eigenvalue weighted by Gasteiger charge is 2.28. The van der Waals surface area contributed by atoms with E-state index in [1.54, 1.807) is 36.4 Å². The van der Waals surface area contributed by atoms with Crippen LogP contribution in [0.25, 0.3) is 38.4 Å². The number of hydrogen-bond donors (Lipinski definition) is 2. The van der Waals surface area contributed by atoms with E-state index in [0.717, 1.165) is 16.8 Å². The number of thiophene rings is 1. The van der Waals surface area contributed by atoms with Crippen molar-refractivity contribution in [3.8, 4) is 22.6 Å². The van der Waals surface area contributed by atoms with E-state index in [9.17, 15) is 27.2 Å². The normalized spacial score (nSPS) is 11.7. The number of halogens is 4. The minimum atomic E-state index is -2.94. The quantitative estimate of drug-likeness (QED) is 0.208. The topological polar surface area (TPSA) is 128 Å². The summed E-state index contributed by atoms with van der Waals surface area (Å²) >= 11 is 0.713. The summed E-state index contributed by atoms with van der Waals surface area (Å²) < 4.78 is 61.6. The van der Waals surface area contributed by atoms with Crippen LogP contribution in [0, 0.1) is 0 Å². The lowest BCUT2D eigenvalue weighted by molar-refractivity contribution is 0.100. The second-order valence-electron chi connectivity index (χ2n) is 8.70. The van der Waals surface area contributed by atoms with Crippen LogP contribution in [0.3, 0.4) is 0 Å². The first-order valence-corrected chi connectivity index (χ1v) is 12.7. The van der Waals surface area contributed by atoms with Gasteiger partial charge in [-0.3, -0.25) is 9.59 Å². The lowest BCUT2D eigenvalue weighted by atomic mass is 10.1. The first-order valence-electron chi connectivity index (χ1n) is 11.9. The molecule has 1 aromatic carbocycles. The van der Waals surface area contributed by atoms with Gasteiger partial charge in [-0.1, -0.05) is 30.3 Å². The number of anilines is 1. The van der Waals surface area contributed by atoms with Crippen molar-refractivity contribution in [1.29, 1.82) is 0 Å². The number of hydrogen-bond acceptors (Lipinski definition) is 7. The molecule has 0 saturated heterocycles. The number of furan rings is 1. The van der Waals surface area contributed by atoms with Gasteiger partial charge in [0.25, 0.3) is 24.7 Å². The minimum absolute atomic E-state index is 0.00244. The summed E-state index contributed by atoms with van der Waals surface area (Å²) in [5.74, 6) is -1.63. The molecule has 0 saturated carbocycles. The molecule has 6 rings (SSSR count). The fourth-order valence-corrected chi connectivity index (χ4v) is 5.40. The zero-order valence-corrected chi connectivity index (χ0v) is 21.3. The third-order valence-electron chi connectivity index (χ3n) is 6.19. The maximum Gasteiger partial charge on any atom is 0.280 e. The summed E-state index contributed by atoms with van der Waals surface area (Å²) in [6.07, 6.45) is -3.47. The summed E-state index contributed by atoms with van der Waals surface area (Å²) in [5.41, 5.74) is 4.92. The smallest absolute Gasteiger partial charge is 0.280 e. The molecular weight excluding hydrogens is 564 g/mol.